The van der Waals surface area contributed by atoms with Crippen LogP contribution in [-0.2, 0) is 9.59 Å². The van der Waals surface area contributed by atoms with Crippen LogP contribution in [0.1, 0.15) is 29.3 Å². The van der Waals surface area contributed by atoms with E-state index in [1.165, 1.54) is 0 Å². The Kier molecular flexibility index (Phi) is 6.39. The van der Waals surface area contributed by atoms with E-state index in [2.05, 4.69) is 10.6 Å². The summed E-state index contributed by atoms with van der Waals surface area (Å²) >= 11 is 0. The minimum atomic E-state index is -0.892. The molecule has 0 aliphatic rings. The molecule has 114 valence electrons. The van der Waals surface area contributed by atoms with Gasteiger partial charge in [-0.2, -0.15) is 0 Å². The maximum atomic E-state index is 11.8. The summed E-state index contributed by atoms with van der Waals surface area (Å²) in [5.74, 6) is -2.05. The highest BCUT2D eigenvalue weighted by molar-refractivity contribution is 5.96. The van der Waals surface area contributed by atoms with Gasteiger partial charge in [0.2, 0.25) is 5.91 Å². The molecule has 1 aromatic rings. The Morgan fingerprint density at radius 2 is 1.95 bits per heavy atom. The van der Waals surface area contributed by atoms with Crippen LogP contribution in [0.3, 0.4) is 0 Å². The SMILES string of the molecule is Cc1cccc(C(=O)NCC(=O)NCCC(C)C(=O)O)c1. The molecular formula is C15H20N2O4. The van der Waals surface area contributed by atoms with Crippen molar-refractivity contribution in [2.45, 2.75) is 20.3 Å². The molecule has 0 aliphatic heterocycles. The van der Waals surface area contributed by atoms with Gasteiger partial charge in [-0.25, -0.2) is 0 Å². The highest BCUT2D eigenvalue weighted by Crippen LogP contribution is 2.03. The number of nitrogens with one attached hydrogen (secondary N) is 2. The molecule has 1 rings (SSSR count). The number of hydrogen-bond donors (Lipinski definition) is 3. The molecule has 0 fully saturated rings. The van der Waals surface area contributed by atoms with Crippen LogP contribution in [0, 0.1) is 12.8 Å². The van der Waals surface area contributed by atoms with Crippen molar-refractivity contribution < 1.29 is 19.5 Å². The smallest absolute Gasteiger partial charge is 0.306 e. The maximum Gasteiger partial charge on any atom is 0.306 e. The zero-order valence-electron chi connectivity index (χ0n) is 12.2. The second-order valence-electron chi connectivity index (χ2n) is 4.93. The molecule has 6 nitrogen and oxygen atoms in total. The van der Waals surface area contributed by atoms with Crippen LogP contribution >= 0.6 is 0 Å². The molecule has 3 N–H and O–H groups in total. The Labute approximate surface area is 123 Å². The fraction of sp³-hybridized carbons (Fsp3) is 0.400. The maximum absolute atomic E-state index is 11.8. The van der Waals surface area contributed by atoms with Crippen LogP contribution in [0.2, 0.25) is 0 Å². The number of benzene rings is 1. The topological polar surface area (TPSA) is 95.5 Å². The first-order valence-electron chi connectivity index (χ1n) is 6.74. The molecule has 1 atom stereocenters. The Hall–Kier alpha value is -2.37. The van der Waals surface area contributed by atoms with Gasteiger partial charge >= 0.3 is 5.97 Å². The van der Waals surface area contributed by atoms with Crippen LogP contribution in [0.5, 0.6) is 0 Å². The summed E-state index contributed by atoms with van der Waals surface area (Å²) in [5, 5.41) is 13.8. The van der Waals surface area contributed by atoms with Gasteiger partial charge in [-0.15, -0.1) is 0 Å². The minimum Gasteiger partial charge on any atom is -0.481 e. The Balaban J connectivity index is 2.30. The quantitative estimate of drug-likeness (QED) is 0.697. The van der Waals surface area contributed by atoms with Crippen LogP contribution in [-0.4, -0.2) is 36.0 Å². The third-order valence-corrected chi connectivity index (χ3v) is 3.01. The number of carboxylic acids is 1. The normalized spacial score (nSPS) is 11.5. The van der Waals surface area contributed by atoms with Crippen molar-refractivity contribution in [1.29, 1.82) is 0 Å². The lowest BCUT2D eigenvalue weighted by atomic mass is 10.1. The summed E-state index contributed by atoms with van der Waals surface area (Å²) in [6, 6.07) is 7.07. The Bertz CT molecular complexity index is 528. The van der Waals surface area contributed by atoms with E-state index in [1.807, 2.05) is 13.0 Å². The summed E-state index contributed by atoms with van der Waals surface area (Å²) in [6.07, 6.45) is 0.354. The number of aliphatic carboxylic acids is 1. The van der Waals surface area contributed by atoms with E-state index in [0.717, 1.165) is 5.56 Å². The van der Waals surface area contributed by atoms with E-state index in [9.17, 15) is 14.4 Å². The predicted molar refractivity (Wildman–Crippen MR) is 77.9 cm³/mol. The largest absolute Gasteiger partial charge is 0.481 e. The zero-order chi connectivity index (χ0) is 15.8. The molecule has 21 heavy (non-hydrogen) atoms. The average molecular weight is 292 g/mol. The fourth-order valence-electron chi connectivity index (χ4n) is 1.66. The van der Waals surface area contributed by atoms with Gasteiger partial charge in [0.15, 0.2) is 0 Å². The van der Waals surface area contributed by atoms with Crippen molar-refractivity contribution in [1.82, 2.24) is 10.6 Å². The predicted octanol–water partition coefficient (Wildman–Crippen LogP) is 0.952. The number of rotatable bonds is 7. The number of carboxylic acid groups (broad SMARTS) is 1. The first-order valence-corrected chi connectivity index (χ1v) is 6.74. The van der Waals surface area contributed by atoms with Gasteiger partial charge in [0, 0.05) is 12.1 Å². The van der Waals surface area contributed by atoms with Crippen LogP contribution < -0.4 is 10.6 Å². The van der Waals surface area contributed by atoms with Crippen molar-refractivity contribution in [2.24, 2.45) is 5.92 Å². The van der Waals surface area contributed by atoms with E-state index in [-0.39, 0.29) is 24.9 Å². The second-order valence-corrected chi connectivity index (χ2v) is 4.93. The lowest BCUT2D eigenvalue weighted by molar-refractivity contribution is -0.141. The molecule has 0 aromatic heterocycles. The molecule has 0 saturated carbocycles. The molecule has 6 heteroatoms. The lowest BCUT2D eigenvalue weighted by Gasteiger charge is -2.09. The van der Waals surface area contributed by atoms with E-state index < -0.39 is 11.9 Å². The monoisotopic (exact) mass is 292 g/mol. The Morgan fingerprint density at radius 1 is 1.24 bits per heavy atom. The summed E-state index contributed by atoms with van der Waals surface area (Å²) < 4.78 is 0. The van der Waals surface area contributed by atoms with Crippen molar-refractivity contribution in [2.75, 3.05) is 13.1 Å². The van der Waals surface area contributed by atoms with E-state index in [0.29, 0.717) is 12.0 Å². The van der Waals surface area contributed by atoms with Gasteiger partial charge in [0.05, 0.1) is 12.5 Å². The molecule has 2 amide bonds. The van der Waals surface area contributed by atoms with Gasteiger partial charge in [-0.1, -0.05) is 24.6 Å². The Morgan fingerprint density at radius 3 is 2.57 bits per heavy atom. The number of carbonyl (C=O) groups is 3. The summed E-state index contributed by atoms with van der Waals surface area (Å²) in [4.78, 5) is 33.9. The molecule has 1 aromatic carbocycles. The first-order chi connectivity index (χ1) is 9.90. The van der Waals surface area contributed by atoms with Gasteiger partial charge in [-0.05, 0) is 25.5 Å². The van der Waals surface area contributed by atoms with Crippen LogP contribution in [0.15, 0.2) is 24.3 Å². The van der Waals surface area contributed by atoms with Crippen molar-refractivity contribution >= 4 is 17.8 Å². The summed E-state index contributed by atoms with van der Waals surface area (Å²) in [7, 11) is 0. The summed E-state index contributed by atoms with van der Waals surface area (Å²) in [6.45, 7) is 3.60. The highest BCUT2D eigenvalue weighted by atomic mass is 16.4. The average Bonchev–Trinajstić information content (AvgIpc) is 2.44. The van der Waals surface area contributed by atoms with Crippen molar-refractivity contribution in [3.05, 3.63) is 35.4 Å². The molecule has 0 radical (unpaired) electrons. The molecule has 0 heterocycles. The lowest BCUT2D eigenvalue weighted by Crippen LogP contribution is -2.37. The van der Waals surface area contributed by atoms with Gasteiger partial charge in [0.25, 0.3) is 5.91 Å². The molecular weight excluding hydrogens is 272 g/mol. The standard InChI is InChI=1S/C15H20N2O4/c1-10-4-3-5-12(8-10)14(19)17-9-13(18)16-7-6-11(2)15(20)21/h3-5,8,11H,6-7,9H2,1-2H3,(H,16,18)(H,17,19)(H,20,21). The highest BCUT2D eigenvalue weighted by Gasteiger charge is 2.11. The molecule has 0 saturated heterocycles. The van der Waals surface area contributed by atoms with E-state index in [4.69, 9.17) is 5.11 Å². The molecule has 1 unspecified atom stereocenters. The minimum absolute atomic E-state index is 0.131. The fourth-order valence-corrected chi connectivity index (χ4v) is 1.66. The van der Waals surface area contributed by atoms with Gasteiger partial charge < -0.3 is 15.7 Å². The zero-order valence-corrected chi connectivity index (χ0v) is 12.2. The number of amides is 2. The number of hydrogen-bond acceptors (Lipinski definition) is 3. The molecule has 0 spiro atoms. The summed E-state index contributed by atoms with van der Waals surface area (Å²) in [5.41, 5.74) is 1.47. The third kappa shape index (κ3) is 6.07. The van der Waals surface area contributed by atoms with E-state index >= 15 is 0 Å². The second kappa shape index (κ2) is 8.04. The van der Waals surface area contributed by atoms with Crippen molar-refractivity contribution in [3.63, 3.8) is 0 Å². The van der Waals surface area contributed by atoms with Crippen LogP contribution in [0.4, 0.5) is 0 Å². The van der Waals surface area contributed by atoms with Gasteiger partial charge in [-0.3, -0.25) is 14.4 Å². The van der Waals surface area contributed by atoms with Crippen molar-refractivity contribution in [3.8, 4) is 0 Å². The molecule has 0 bridgehead atoms. The number of aryl methyl sites for hydroxylation is 1. The first kappa shape index (κ1) is 16.7. The van der Waals surface area contributed by atoms with Gasteiger partial charge in [0.1, 0.15) is 0 Å². The number of carbonyl (C=O) groups excluding carboxylic acids is 2. The molecule has 0 aliphatic carbocycles. The third-order valence-electron chi connectivity index (χ3n) is 3.01. The van der Waals surface area contributed by atoms with E-state index in [1.54, 1.807) is 25.1 Å². The van der Waals surface area contributed by atoms with Crippen LogP contribution in [0.25, 0.3) is 0 Å².